The van der Waals surface area contributed by atoms with E-state index >= 15 is 0 Å². The van der Waals surface area contributed by atoms with E-state index in [0.717, 1.165) is 21.6 Å². The Bertz CT molecular complexity index is 744. The van der Waals surface area contributed by atoms with Gasteiger partial charge in [-0.05, 0) is 49.0 Å². The van der Waals surface area contributed by atoms with Crippen LogP contribution in [0.15, 0.2) is 24.4 Å². The Morgan fingerprint density at radius 3 is 2.68 bits per heavy atom. The number of urea groups is 1. The van der Waals surface area contributed by atoms with E-state index in [4.69, 9.17) is 0 Å². The highest BCUT2D eigenvalue weighted by Gasteiger charge is 2.49. The van der Waals surface area contributed by atoms with E-state index in [1.165, 1.54) is 16.4 Å². The lowest BCUT2D eigenvalue weighted by molar-refractivity contribution is -0.131. The molecular weight excluding hydrogens is 300 g/mol. The minimum absolute atomic E-state index is 0.197. The first-order chi connectivity index (χ1) is 10.4. The zero-order valence-electron chi connectivity index (χ0n) is 12.6. The number of hydrogen-bond donors (Lipinski definition) is 1. The highest BCUT2D eigenvalue weighted by molar-refractivity contribution is 7.05. The SMILES string of the molecule is Cc1ccc(C2(C)NC(=O)N(Cc3cnns3)C2=O)cc1C. The van der Waals surface area contributed by atoms with Crippen LogP contribution < -0.4 is 5.32 Å². The highest BCUT2D eigenvalue weighted by atomic mass is 32.1. The van der Waals surface area contributed by atoms with E-state index < -0.39 is 5.54 Å². The third-order valence-corrected chi connectivity index (χ3v) is 4.73. The van der Waals surface area contributed by atoms with Gasteiger partial charge in [0.05, 0.1) is 17.6 Å². The van der Waals surface area contributed by atoms with Gasteiger partial charge >= 0.3 is 6.03 Å². The van der Waals surface area contributed by atoms with Crippen LogP contribution >= 0.6 is 11.5 Å². The number of imide groups is 1. The summed E-state index contributed by atoms with van der Waals surface area (Å²) >= 11 is 1.18. The van der Waals surface area contributed by atoms with Crippen molar-refractivity contribution in [2.75, 3.05) is 0 Å². The maximum absolute atomic E-state index is 12.8. The van der Waals surface area contributed by atoms with Crippen LogP contribution in [0.1, 0.15) is 28.5 Å². The average molecular weight is 316 g/mol. The first-order valence-electron chi connectivity index (χ1n) is 6.90. The quantitative estimate of drug-likeness (QED) is 0.880. The first-order valence-corrected chi connectivity index (χ1v) is 7.67. The largest absolute Gasteiger partial charge is 0.325 e. The molecule has 0 aliphatic carbocycles. The Morgan fingerprint density at radius 1 is 1.27 bits per heavy atom. The molecule has 0 bridgehead atoms. The fourth-order valence-corrected chi connectivity index (χ4v) is 2.98. The minimum Gasteiger partial charge on any atom is -0.319 e. The summed E-state index contributed by atoms with van der Waals surface area (Å²) in [6.07, 6.45) is 1.57. The van der Waals surface area contributed by atoms with E-state index in [1.54, 1.807) is 13.1 Å². The predicted molar refractivity (Wildman–Crippen MR) is 82.3 cm³/mol. The summed E-state index contributed by atoms with van der Waals surface area (Å²) in [6.45, 7) is 5.94. The molecule has 114 valence electrons. The van der Waals surface area contributed by atoms with Gasteiger partial charge in [-0.25, -0.2) is 4.79 Å². The zero-order valence-corrected chi connectivity index (χ0v) is 13.4. The van der Waals surface area contributed by atoms with Gasteiger partial charge in [-0.15, -0.1) is 5.10 Å². The number of aryl methyl sites for hydroxylation is 2. The van der Waals surface area contributed by atoms with E-state index in [9.17, 15) is 9.59 Å². The molecule has 3 rings (SSSR count). The molecule has 1 atom stereocenters. The Hall–Kier alpha value is -2.28. The van der Waals surface area contributed by atoms with Gasteiger partial charge in [0.15, 0.2) is 0 Å². The van der Waals surface area contributed by atoms with E-state index in [0.29, 0.717) is 0 Å². The fourth-order valence-electron chi connectivity index (χ4n) is 2.50. The second kappa shape index (κ2) is 5.17. The normalized spacial score (nSPS) is 21.3. The lowest BCUT2D eigenvalue weighted by Gasteiger charge is -2.23. The van der Waals surface area contributed by atoms with Gasteiger partial charge in [-0.3, -0.25) is 9.69 Å². The molecule has 3 amide bonds. The predicted octanol–water partition coefficient (Wildman–Crippen LogP) is 2.12. The van der Waals surface area contributed by atoms with Gasteiger partial charge in [0.1, 0.15) is 5.54 Å². The monoisotopic (exact) mass is 316 g/mol. The standard InChI is InChI=1S/C15H16N4O2S/c1-9-4-5-11(6-10(9)2)15(3)13(20)19(14(21)17-15)8-12-7-16-18-22-12/h4-7H,8H2,1-3H3,(H,17,21). The summed E-state index contributed by atoms with van der Waals surface area (Å²) in [7, 11) is 0. The number of rotatable bonds is 3. The molecule has 7 heteroatoms. The number of aromatic nitrogens is 2. The number of nitrogens with zero attached hydrogens (tertiary/aromatic N) is 3. The van der Waals surface area contributed by atoms with E-state index in [2.05, 4.69) is 14.9 Å². The number of hydrogen-bond acceptors (Lipinski definition) is 5. The van der Waals surface area contributed by atoms with Crippen molar-refractivity contribution in [2.24, 2.45) is 0 Å². The Kier molecular flexibility index (Phi) is 3.44. The summed E-state index contributed by atoms with van der Waals surface area (Å²) in [5.74, 6) is -0.255. The molecule has 1 aliphatic heterocycles. The van der Waals surface area contributed by atoms with Crippen molar-refractivity contribution in [3.63, 3.8) is 0 Å². The van der Waals surface area contributed by atoms with Crippen molar-refractivity contribution < 1.29 is 9.59 Å². The molecule has 1 saturated heterocycles. The van der Waals surface area contributed by atoms with Crippen LogP contribution in [0.2, 0.25) is 0 Å². The molecule has 1 aromatic heterocycles. The third kappa shape index (κ3) is 2.27. The highest BCUT2D eigenvalue weighted by Crippen LogP contribution is 2.31. The van der Waals surface area contributed by atoms with Gasteiger partial charge in [0, 0.05) is 0 Å². The van der Waals surface area contributed by atoms with Gasteiger partial charge in [0.2, 0.25) is 0 Å². The molecule has 2 heterocycles. The summed E-state index contributed by atoms with van der Waals surface area (Å²) in [5, 5.41) is 6.54. The molecule has 1 unspecified atom stereocenters. The first kappa shape index (κ1) is 14.6. The Labute approximate surface area is 132 Å². The van der Waals surface area contributed by atoms with Crippen molar-refractivity contribution in [1.29, 1.82) is 0 Å². The molecule has 1 fully saturated rings. The van der Waals surface area contributed by atoms with Crippen LogP contribution in [-0.4, -0.2) is 26.4 Å². The second-order valence-corrected chi connectivity index (χ2v) is 6.50. The third-order valence-electron chi connectivity index (χ3n) is 4.08. The maximum atomic E-state index is 12.8. The number of carbonyl (C=O) groups is 2. The van der Waals surface area contributed by atoms with Gasteiger partial charge < -0.3 is 5.32 Å². The van der Waals surface area contributed by atoms with Crippen molar-refractivity contribution in [3.8, 4) is 0 Å². The van der Waals surface area contributed by atoms with Crippen molar-refractivity contribution in [2.45, 2.75) is 32.9 Å². The van der Waals surface area contributed by atoms with Crippen LogP contribution in [0.3, 0.4) is 0 Å². The Morgan fingerprint density at radius 2 is 2.05 bits per heavy atom. The van der Waals surface area contributed by atoms with Crippen molar-refractivity contribution >= 4 is 23.5 Å². The van der Waals surface area contributed by atoms with E-state index in [1.807, 2.05) is 32.0 Å². The number of benzene rings is 1. The molecule has 1 aromatic carbocycles. The number of nitrogens with one attached hydrogen (secondary N) is 1. The van der Waals surface area contributed by atoms with Gasteiger partial charge in [-0.2, -0.15) is 0 Å². The molecular formula is C15H16N4O2S. The minimum atomic E-state index is -1.03. The van der Waals surface area contributed by atoms with Crippen LogP contribution in [-0.2, 0) is 16.9 Å². The molecule has 0 spiro atoms. The second-order valence-electron chi connectivity index (χ2n) is 5.63. The van der Waals surface area contributed by atoms with Crippen LogP contribution in [0.4, 0.5) is 4.79 Å². The van der Waals surface area contributed by atoms with Gasteiger partial charge in [0.25, 0.3) is 5.91 Å². The lowest BCUT2D eigenvalue weighted by atomic mass is 9.90. The van der Waals surface area contributed by atoms with Crippen LogP contribution in [0, 0.1) is 13.8 Å². The molecule has 0 saturated carbocycles. The van der Waals surface area contributed by atoms with Crippen LogP contribution in [0.5, 0.6) is 0 Å². The zero-order chi connectivity index (χ0) is 15.9. The molecule has 0 radical (unpaired) electrons. The molecule has 1 N–H and O–H groups in total. The summed E-state index contributed by atoms with van der Waals surface area (Å²) < 4.78 is 3.75. The lowest BCUT2D eigenvalue weighted by Crippen LogP contribution is -2.40. The molecule has 2 aromatic rings. The number of carbonyl (C=O) groups excluding carboxylic acids is 2. The molecule has 22 heavy (non-hydrogen) atoms. The average Bonchev–Trinajstić information content (AvgIpc) is 3.06. The van der Waals surface area contributed by atoms with Crippen LogP contribution in [0.25, 0.3) is 0 Å². The maximum Gasteiger partial charge on any atom is 0.325 e. The fraction of sp³-hybridized carbons (Fsp3) is 0.333. The summed E-state index contributed by atoms with van der Waals surface area (Å²) in [6, 6.07) is 5.41. The van der Waals surface area contributed by atoms with E-state index in [-0.39, 0.29) is 18.5 Å². The van der Waals surface area contributed by atoms with Crippen molar-refractivity contribution in [1.82, 2.24) is 19.8 Å². The Balaban J connectivity index is 1.93. The summed E-state index contributed by atoms with van der Waals surface area (Å²) in [4.78, 5) is 27.0. The van der Waals surface area contributed by atoms with Crippen molar-refractivity contribution in [3.05, 3.63) is 46.0 Å². The molecule has 1 aliphatic rings. The molecule has 6 nitrogen and oxygen atoms in total. The summed E-state index contributed by atoms with van der Waals surface area (Å²) in [5.41, 5.74) is 2.00. The topological polar surface area (TPSA) is 75.2 Å². The smallest absolute Gasteiger partial charge is 0.319 e. The number of amides is 3. The van der Waals surface area contributed by atoms with Gasteiger partial charge in [-0.1, -0.05) is 22.7 Å².